The van der Waals surface area contributed by atoms with Crippen molar-refractivity contribution in [3.05, 3.63) is 59.2 Å². The molecule has 3 rings (SSSR count). The molecule has 7 nitrogen and oxygen atoms in total. The maximum atomic E-state index is 14.8. The first-order valence-electron chi connectivity index (χ1n) is 11.1. The summed E-state index contributed by atoms with van der Waals surface area (Å²) in [7, 11) is -0.558. The highest BCUT2D eigenvalue weighted by Crippen LogP contribution is 2.22. The minimum absolute atomic E-state index is 0.213. The molecule has 2 aromatic carbocycles. The molecule has 0 bridgehead atoms. The van der Waals surface area contributed by atoms with Crippen LogP contribution in [-0.2, 0) is 20.9 Å². The highest BCUT2D eigenvalue weighted by atomic mass is 28.3. The second kappa shape index (κ2) is 10.7. The topological polar surface area (TPSA) is 99.7 Å². The van der Waals surface area contributed by atoms with Crippen molar-refractivity contribution in [1.82, 2.24) is 10.6 Å². The molecule has 0 saturated carbocycles. The standard InChI is InChI=1S/C24H31F2N3O4Si/c1-33-13-14-5-7-15(8-6-14)22(29-23(31)16-9-21(30)27-12-16)24(32)28-19-10-18(26)20(11-17(19)25)34(2,3)4/h5-8,10-11,16,21-22,27,30H,9,12-13H2,1-4H3,(H,28,32)(H,29,31)/t16-,21?,22-/m1/s1. The Morgan fingerprint density at radius 2 is 1.85 bits per heavy atom. The van der Waals surface area contributed by atoms with Gasteiger partial charge in [-0.15, -0.1) is 0 Å². The number of benzene rings is 2. The molecule has 1 unspecified atom stereocenters. The fourth-order valence-corrected chi connectivity index (χ4v) is 5.22. The Morgan fingerprint density at radius 3 is 2.41 bits per heavy atom. The molecular formula is C24H31F2N3O4Si. The molecule has 0 aliphatic carbocycles. The second-order valence-electron chi connectivity index (χ2n) is 9.52. The second-order valence-corrected chi connectivity index (χ2v) is 14.6. The SMILES string of the molecule is COCc1ccc([C@@H](NC(=O)[C@H]2CNC(O)C2)C(=O)Nc2cc(F)c([Si](C)(C)C)cc2F)cc1. The zero-order valence-corrected chi connectivity index (χ0v) is 20.7. The number of hydrogen-bond donors (Lipinski definition) is 4. The maximum absolute atomic E-state index is 14.8. The number of aliphatic hydroxyl groups excluding tert-OH is 1. The third-order valence-corrected chi connectivity index (χ3v) is 7.77. The van der Waals surface area contributed by atoms with Crippen molar-refractivity contribution in [2.75, 3.05) is 19.0 Å². The Morgan fingerprint density at radius 1 is 1.18 bits per heavy atom. The van der Waals surface area contributed by atoms with Crippen LogP contribution in [0.5, 0.6) is 0 Å². The van der Waals surface area contributed by atoms with E-state index in [1.54, 1.807) is 31.4 Å². The van der Waals surface area contributed by atoms with E-state index in [1.807, 2.05) is 19.6 Å². The van der Waals surface area contributed by atoms with Crippen LogP contribution in [0.15, 0.2) is 36.4 Å². The Bertz CT molecular complexity index is 1040. The number of anilines is 1. The van der Waals surface area contributed by atoms with E-state index in [0.29, 0.717) is 17.4 Å². The van der Waals surface area contributed by atoms with Gasteiger partial charge in [-0.2, -0.15) is 0 Å². The summed E-state index contributed by atoms with van der Waals surface area (Å²) in [4.78, 5) is 26.0. The summed E-state index contributed by atoms with van der Waals surface area (Å²) in [6.07, 6.45) is -0.580. The van der Waals surface area contributed by atoms with E-state index in [1.165, 1.54) is 0 Å². The highest BCUT2D eigenvalue weighted by Gasteiger charge is 2.32. The van der Waals surface area contributed by atoms with Crippen LogP contribution in [0, 0.1) is 17.6 Å². The summed E-state index contributed by atoms with van der Waals surface area (Å²) >= 11 is 0. The van der Waals surface area contributed by atoms with Crippen molar-refractivity contribution in [3.8, 4) is 0 Å². The molecule has 1 aliphatic rings. The lowest BCUT2D eigenvalue weighted by atomic mass is 10.0. The summed E-state index contributed by atoms with van der Waals surface area (Å²) in [6, 6.07) is 7.83. The van der Waals surface area contributed by atoms with E-state index in [9.17, 15) is 23.5 Å². The number of carbonyl (C=O) groups is 2. The molecule has 1 heterocycles. The maximum Gasteiger partial charge on any atom is 0.251 e. The van der Waals surface area contributed by atoms with Gasteiger partial charge in [-0.25, -0.2) is 8.78 Å². The lowest BCUT2D eigenvalue weighted by Gasteiger charge is -2.22. The third kappa shape index (κ3) is 6.26. The van der Waals surface area contributed by atoms with Gasteiger partial charge in [-0.3, -0.25) is 14.9 Å². The van der Waals surface area contributed by atoms with Crippen molar-refractivity contribution in [2.45, 2.75) is 44.9 Å². The van der Waals surface area contributed by atoms with Crippen LogP contribution in [0.4, 0.5) is 14.5 Å². The predicted octanol–water partition coefficient (Wildman–Crippen LogP) is 2.38. The zero-order valence-electron chi connectivity index (χ0n) is 19.7. The van der Waals surface area contributed by atoms with Gasteiger partial charge in [0.1, 0.15) is 23.9 Å². The van der Waals surface area contributed by atoms with E-state index < -0.39 is 49.7 Å². The number of nitrogens with one attached hydrogen (secondary N) is 3. The summed E-state index contributed by atoms with van der Waals surface area (Å²) < 4.78 is 34.6. The zero-order chi connectivity index (χ0) is 25.0. The van der Waals surface area contributed by atoms with Gasteiger partial charge >= 0.3 is 0 Å². The van der Waals surface area contributed by atoms with Gasteiger partial charge in [0.25, 0.3) is 5.91 Å². The number of aliphatic hydroxyl groups is 1. The van der Waals surface area contributed by atoms with Crippen molar-refractivity contribution in [2.24, 2.45) is 5.92 Å². The molecule has 10 heteroatoms. The summed E-state index contributed by atoms with van der Waals surface area (Å²) in [5, 5.41) is 17.9. The summed E-state index contributed by atoms with van der Waals surface area (Å²) in [5.41, 5.74) is 1.05. The first kappa shape index (κ1) is 26.0. The Labute approximate surface area is 198 Å². The van der Waals surface area contributed by atoms with Gasteiger partial charge in [0.05, 0.1) is 26.3 Å². The predicted molar refractivity (Wildman–Crippen MR) is 128 cm³/mol. The van der Waals surface area contributed by atoms with Gasteiger partial charge in [-0.05, 0) is 28.8 Å². The minimum atomic E-state index is -2.12. The normalized spacial score (nSPS) is 19.0. The van der Waals surface area contributed by atoms with Crippen molar-refractivity contribution in [3.63, 3.8) is 0 Å². The molecule has 2 amide bonds. The van der Waals surface area contributed by atoms with Gasteiger partial charge in [0.2, 0.25) is 5.91 Å². The summed E-state index contributed by atoms with van der Waals surface area (Å²) in [5.74, 6) is -2.98. The monoisotopic (exact) mass is 491 g/mol. The quantitative estimate of drug-likeness (QED) is 0.425. The number of hydrogen-bond acceptors (Lipinski definition) is 5. The van der Waals surface area contributed by atoms with Gasteiger partial charge < -0.3 is 20.5 Å². The van der Waals surface area contributed by atoms with Gasteiger partial charge in [-0.1, -0.05) is 43.9 Å². The van der Waals surface area contributed by atoms with Crippen LogP contribution >= 0.6 is 0 Å². The molecule has 3 atom stereocenters. The van der Waals surface area contributed by atoms with Crippen LogP contribution in [0.25, 0.3) is 0 Å². The van der Waals surface area contributed by atoms with E-state index in [4.69, 9.17) is 4.74 Å². The van der Waals surface area contributed by atoms with Crippen LogP contribution < -0.4 is 21.1 Å². The Kier molecular flexibility index (Phi) is 8.19. The molecule has 2 aromatic rings. The van der Waals surface area contributed by atoms with E-state index in [-0.39, 0.29) is 18.7 Å². The van der Waals surface area contributed by atoms with E-state index in [2.05, 4.69) is 16.0 Å². The first-order chi connectivity index (χ1) is 16.0. The van der Waals surface area contributed by atoms with Crippen molar-refractivity contribution >= 4 is 30.8 Å². The van der Waals surface area contributed by atoms with Crippen molar-refractivity contribution < 1.29 is 28.2 Å². The molecule has 1 saturated heterocycles. The molecule has 0 aromatic heterocycles. The third-order valence-electron chi connectivity index (χ3n) is 5.77. The van der Waals surface area contributed by atoms with E-state index in [0.717, 1.165) is 17.7 Å². The summed E-state index contributed by atoms with van der Waals surface area (Å²) in [6.45, 7) is 6.35. The Balaban J connectivity index is 1.87. The molecular weight excluding hydrogens is 460 g/mol. The number of methoxy groups -OCH3 is 1. The van der Waals surface area contributed by atoms with Crippen LogP contribution in [0.1, 0.15) is 23.6 Å². The average Bonchev–Trinajstić information content (AvgIpc) is 3.20. The number of amides is 2. The fourth-order valence-electron chi connectivity index (χ4n) is 3.87. The largest absolute Gasteiger partial charge is 0.380 e. The number of carbonyl (C=O) groups excluding carboxylic acids is 2. The lowest BCUT2D eigenvalue weighted by Crippen LogP contribution is -2.41. The number of halogens is 2. The lowest BCUT2D eigenvalue weighted by molar-refractivity contribution is -0.129. The first-order valence-corrected chi connectivity index (χ1v) is 14.6. The average molecular weight is 492 g/mol. The van der Waals surface area contributed by atoms with Crippen LogP contribution in [-0.4, -0.2) is 44.9 Å². The fraction of sp³-hybridized carbons (Fsp3) is 0.417. The van der Waals surface area contributed by atoms with Crippen molar-refractivity contribution in [1.29, 1.82) is 0 Å². The Hall–Kier alpha value is -2.66. The molecule has 0 radical (unpaired) electrons. The molecule has 1 fully saturated rings. The number of ether oxygens (including phenoxy) is 1. The van der Waals surface area contributed by atoms with Crippen LogP contribution in [0.3, 0.4) is 0 Å². The van der Waals surface area contributed by atoms with Gasteiger partial charge in [0, 0.05) is 19.7 Å². The van der Waals surface area contributed by atoms with Crippen LogP contribution in [0.2, 0.25) is 19.6 Å². The molecule has 0 spiro atoms. The molecule has 34 heavy (non-hydrogen) atoms. The molecule has 184 valence electrons. The van der Waals surface area contributed by atoms with E-state index >= 15 is 0 Å². The smallest absolute Gasteiger partial charge is 0.251 e. The number of rotatable bonds is 8. The molecule has 4 N–H and O–H groups in total. The van der Waals surface area contributed by atoms with Gasteiger partial charge in [0.15, 0.2) is 0 Å². The highest BCUT2D eigenvalue weighted by molar-refractivity contribution is 6.88. The molecule has 1 aliphatic heterocycles. The minimum Gasteiger partial charge on any atom is -0.380 e.